The largest absolute Gasteiger partial charge is 0.374 e. The first-order valence-corrected chi connectivity index (χ1v) is 5.40. The quantitative estimate of drug-likeness (QED) is 0.308. The van der Waals surface area contributed by atoms with E-state index in [0.29, 0.717) is 18.5 Å². The van der Waals surface area contributed by atoms with Crippen molar-refractivity contribution in [1.29, 1.82) is 0 Å². The molecule has 0 saturated heterocycles. The van der Waals surface area contributed by atoms with Crippen molar-refractivity contribution in [3.05, 3.63) is 29.8 Å². The molecule has 7 heteroatoms. The maximum absolute atomic E-state index is 11.2. The van der Waals surface area contributed by atoms with Gasteiger partial charge in [0.1, 0.15) is 0 Å². The second kappa shape index (κ2) is 6.58. The Bertz CT molecular complexity index is 418. The molecule has 0 spiro atoms. The lowest BCUT2D eigenvalue weighted by molar-refractivity contribution is -0.120. The normalized spacial score (nSPS) is 9.72. The van der Waals surface area contributed by atoms with Gasteiger partial charge >= 0.3 is 0 Å². The van der Waals surface area contributed by atoms with Gasteiger partial charge in [-0.3, -0.25) is 20.4 Å². The number of amides is 2. The van der Waals surface area contributed by atoms with Crippen molar-refractivity contribution >= 4 is 17.5 Å². The van der Waals surface area contributed by atoms with Crippen molar-refractivity contribution in [3.8, 4) is 0 Å². The predicted molar refractivity (Wildman–Crippen MR) is 68.3 cm³/mol. The van der Waals surface area contributed by atoms with E-state index in [9.17, 15) is 9.59 Å². The molecule has 1 rings (SSSR count). The summed E-state index contributed by atoms with van der Waals surface area (Å²) in [7, 11) is 1.85. The number of anilines is 1. The van der Waals surface area contributed by atoms with Gasteiger partial charge in [-0.25, -0.2) is 11.7 Å². The third-order valence-electron chi connectivity index (χ3n) is 2.54. The fraction of sp³-hybridized carbons (Fsp3) is 0.273. The number of nitrogens with zero attached hydrogens (tertiary/aromatic N) is 1. The van der Waals surface area contributed by atoms with Gasteiger partial charge in [0.2, 0.25) is 5.91 Å². The van der Waals surface area contributed by atoms with Crippen molar-refractivity contribution in [2.45, 2.75) is 6.42 Å². The number of hydrogen-bond acceptors (Lipinski definition) is 5. The third kappa shape index (κ3) is 3.72. The molecule has 98 valence electrons. The van der Waals surface area contributed by atoms with Crippen LogP contribution in [0.15, 0.2) is 24.3 Å². The summed E-state index contributed by atoms with van der Waals surface area (Å²) in [4.78, 5) is 24.1. The van der Waals surface area contributed by atoms with E-state index in [1.165, 1.54) is 0 Å². The Labute approximate surface area is 105 Å². The lowest BCUT2D eigenvalue weighted by Gasteiger charge is -2.18. The van der Waals surface area contributed by atoms with Crippen LogP contribution in [0, 0.1) is 0 Å². The molecule has 0 bridgehead atoms. The van der Waals surface area contributed by atoms with E-state index in [-0.39, 0.29) is 11.8 Å². The monoisotopic (exact) mass is 251 g/mol. The molecule has 0 saturated carbocycles. The molecule has 0 aliphatic rings. The summed E-state index contributed by atoms with van der Waals surface area (Å²) in [6.45, 7) is 0.533. The lowest BCUT2D eigenvalue weighted by Crippen LogP contribution is -2.33. The molecule has 0 unspecified atom stereocenters. The summed E-state index contributed by atoms with van der Waals surface area (Å²) in [5, 5.41) is 0. The Morgan fingerprint density at radius 1 is 1.17 bits per heavy atom. The first-order valence-electron chi connectivity index (χ1n) is 5.40. The summed E-state index contributed by atoms with van der Waals surface area (Å²) in [6, 6.07) is 6.89. The number of hydrazine groups is 2. The highest BCUT2D eigenvalue weighted by Crippen LogP contribution is 2.13. The van der Waals surface area contributed by atoms with Gasteiger partial charge in [0.15, 0.2) is 0 Å². The second-order valence-corrected chi connectivity index (χ2v) is 3.76. The first-order chi connectivity index (χ1) is 8.58. The van der Waals surface area contributed by atoms with E-state index < -0.39 is 0 Å². The van der Waals surface area contributed by atoms with Crippen LogP contribution in [0.3, 0.4) is 0 Å². The van der Waals surface area contributed by atoms with Crippen LogP contribution >= 0.6 is 0 Å². The average molecular weight is 251 g/mol. The molecule has 0 aliphatic carbocycles. The Hall–Kier alpha value is -2.12. The Morgan fingerprint density at radius 3 is 2.28 bits per heavy atom. The van der Waals surface area contributed by atoms with E-state index in [1.807, 2.05) is 11.9 Å². The molecule has 0 heterocycles. The lowest BCUT2D eigenvalue weighted by atomic mass is 10.2. The van der Waals surface area contributed by atoms with E-state index in [0.717, 1.165) is 5.69 Å². The van der Waals surface area contributed by atoms with E-state index >= 15 is 0 Å². The molecule has 1 aromatic rings. The van der Waals surface area contributed by atoms with Crippen LogP contribution < -0.4 is 27.4 Å². The Kier molecular flexibility index (Phi) is 5.09. The molecule has 0 aliphatic heterocycles. The topological polar surface area (TPSA) is 113 Å². The van der Waals surface area contributed by atoms with Crippen LogP contribution in [0.4, 0.5) is 5.69 Å². The number of carbonyl (C=O) groups excluding carboxylic acids is 2. The number of nitrogens with one attached hydrogen (secondary N) is 2. The molecular formula is C11H17N5O2. The molecule has 6 N–H and O–H groups in total. The van der Waals surface area contributed by atoms with Crippen LogP contribution in [0.1, 0.15) is 16.8 Å². The molecule has 2 amide bonds. The minimum atomic E-state index is -0.341. The number of rotatable bonds is 5. The van der Waals surface area contributed by atoms with Crippen molar-refractivity contribution in [1.82, 2.24) is 10.9 Å². The van der Waals surface area contributed by atoms with E-state index in [4.69, 9.17) is 11.7 Å². The SMILES string of the molecule is CN(CCC(=O)NN)c1ccc(C(=O)NN)cc1. The summed E-state index contributed by atoms with van der Waals surface area (Å²) in [6.07, 6.45) is 0.304. The van der Waals surface area contributed by atoms with Crippen LogP contribution in [-0.4, -0.2) is 25.4 Å². The second-order valence-electron chi connectivity index (χ2n) is 3.76. The summed E-state index contributed by atoms with van der Waals surface area (Å²) < 4.78 is 0. The minimum Gasteiger partial charge on any atom is -0.374 e. The number of hydrogen-bond donors (Lipinski definition) is 4. The van der Waals surface area contributed by atoms with Crippen molar-refractivity contribution in [3.63, 3.8) is 0 Å². The first kappa shape index (κ1) is 13.9. The zero-order valence-corrected chi connectivity index (χ0v) is 10.1. The van der Waals surface area contributed by atoms with E-state index in [2.05, 4.69) is 10.9 Å². The standard InChI is InChI=1S/C11H17N5O2/c1-16(7-6-10(17)14-12)9-4-2-8(3-5-9)11(18)15-13/h2-5H,6-7,12-13H2,1H3,(H,14,17)(H,15,18). The summed E-state index contributed by atoms with van der Waals surface area (Å²) in [5.74, 6) is 9.46. The molecule has 18 heavy (non-hydrogen) atoms. The summed E-state index contributed by atoms with van der Waals surface area (Å²) >= 11 is 0. The molecule has 0 radical (unpaired) electrons. The summed E-state index contributed by atoms with van der Waals surface area (Å²) in [5.41, 5.74) is 5.51. The molecule has 0 atom stereocenters. The molecule has 7 nitrogen and oxygen atoms in total. The highest BCUT2D eigenvalue weighted by Gasteiger charge is 2.06. The van der Waals surface area contributed by atoms with Gasteiger partial charge < -0.3 is 4.90 Å². The fourth-order valence-electron chi connectivity index (χ4n) is 1.42. The van der Waals surface area contributed by atoms with Gasteiger partial charge in [-0.05, 0) is 24.3 Å². The van der Waals surface area contributed by atoms with Crippen LogP contribution in [0.25, 0.3) is 0 Å². The third-order valence-corrected chi connectivity index (χ3v) is 2.54. The maximum atomic E-state index is 11.2. The number of nitrogen functional groups attached to an aromatic ring is 1. The number of benzene rings is 1. The zero-order valence-electron chi connectivity index (χ0n) is 10.1. The average Bonchev–Trinajstić information content (AvgIpc) is 2.43. The van der Waals surface area contributed by atoms with Gasteiger partial charge in [-0.2, -0.15) is 0 Å². The Morgan fingerprint density at radius 2 is 1.78 bits per heavy atom. The number of nitrogens with two attached hydrogens (primary N) is 2. The van der Waals surface area contributed by atoms with Gasteiger partial charge in [0.25, 0.3) is 5.91 Å². The molecule has 0 fully saturated rings. The smallest absolute Gasteiger partial charge is 0.265 e. The van der Waals surface area contributed by atoms with Crippen LogP contribution in [0.5, 0.6) is 0 Å². The van der Waals surface area contributed by atoms with Crippen molar-refractivity contribution in [2.75, 3.05) is 18.5 Å². The maximum Gasteiger partial charge on any atom is 0.265 e. The van der Waals surface area contributed by atoms with Gasteiger partial charge in [0.05, 0.1) is 0 Å². The van der Waals surface area contributed by atoms with Crippen LogP contribution in [0.2, 0.25) is 0 Å². The van der Waals surface area contributed by atoms with Gasteiger partial charge in [-0.1, -0.05) is 0 Å². The molecule has 0 aromatic heterocycles. The zero-order chi connectivity index (χ0) is 13.5. The van der Waals surface area contributed by atoms with Crippen molar-refractivity contribution < 1.29 is 9.59 Å². The van der Waals surface area contributed by atoms with Gasteiger partial charge in [-0.15, -0.1) is 0 Å². The minimum absolute atomic E-state index is 0.221. The van der Waals surface area contributed by atoms with Gasteiger partial charge in [0, 0.05) is 31.3 Å². The Balaban J connectivity index is 2.61. The number of carbonyl (C=O) groups is 2. The predicted octanol–water partition coefficient (Wildman–Crippen LogP) is -0.894. The molecular weight excluding hydrogens is 234 g/mol. The van der Waals surface area contributed by atoms with Crippen molar-refractivity contribution in [2.24, 2.45) is 11.7 Å². The highest BCUT2D eigenvalue weighted by molar-refractivity contribution is 5.94. The fourth-order valence-corrected chi connectivity index (χ4v) is 1.42. The highest BCUT2D eigenvalue weighted by atomic mass is 16.2. The van der Waals surface area contributed by atoms with E-state index in [1.54, 1.807) is 24.3 Å². The van der Waals surface area contributed by atoms with Crippen LogP contribution in [-0.2, 0) is 4.79 Å². The molecule has 1 aromatic carbocycles.